The largest absolute Gasteiger partial charge is 0.486 e. The van der Waals surface area contributed by atoms with Crippen LogP contribution in [0.4, 0.5) is 10.5 Å². The molecule has 2 amide bonds. The van der Waals surface area contributed by atoms with Gasteiger partial charge in [0.25, 0.3) is 0 Å². The van der Waals surface area contributed by atoms with Crippen LogP contribution in [0.2, 0.25) is 0 Å². The third kappa shape index (κ3) is 2.81. The molecule has 0 bridgehead atoms. The number of anilines is 1. The van der Waals surface area contributed by atoms with Gasteiger partial charge in [0.1, 0.15) is 13.2 Å². The zero-order chi connectivity index (χ0) is 19.1. The summed E-state index contributed by atoms with van der Waals surface area (Å²) in [6.45, 7) is 4.03. The van der Waals surface area contributed by atoms with Gasteiger partial charge in [-0.15, -0.1) is 0 Å². The van der Waals surface area contributed by atoms with Crippen molar-refractivity contribution in [2.75, 3.05) is 25.1 Å². The normalized spacial score (nSPS) is 22.0. The van der Waals surface area contributed by atoms with Crippen LogP contribution in [0.25, 0.3) is 0 Å². The molecular weight excluding hydrogens is 352 g/mol. The van der Waals surface area contributed by atoms with Crippen LogP contribution in [0.1, 0.15) is 49.8 Å². The maximum Gasteiger partial charge on any atom is 0.322 e. The van der Waals surface area contributed by atoms with Crippen molar-refractivity contribution in [3.8, 4) is 11.5 Å². The van der Waals surface area contributed by atoms with Crippen LogP contribution >= 0.6 is 0 Å². The number of benzene rings is 2. The monoisotopic (exact) mass is 378 g/mol. The lowest BCUT2D eigenvalue weighted by atomic mass is 9.71. The van der Waals surface area contributed by atoms with Crippen molar-refractivity contribution in [1.82, 2.24) is 4.90 Å². The zero-order valence-electron chi connectivity index (χ0n) is 16.2. The van der Waals surface area contributed by atoms with E-state index >= 15 is 0 Å². The number of carbonyl (C=O) groups is 1. The summed E-state index contributed by atoms with van der Waals surface area (Å²) in [6.07, 6.45) is 4.63. The highest BCUT2D eigenvalue weighted by molar-refractivity contribution is 5.90. The Balaban J connectivity index is 1.53. The predicted octanol–water partition coefficient (Wildman–Crippen LogP) is 4.88. The maximum atomic E-state index is 13.2. The number of para-hydroxylation sites is 1. The molecule has 1 unspecified atom stereocenters. The third-order valence-electron chi connectivity index (χ3n) is 6.52. The summed E-state index contributed by atoms with van der Waals surface area (Å²) in [5.41, 5.74) is 3.39. The molecule has 1 N–H and O–H groups in total. The number of urea groups is 1. The van der Waals surface area contributed by atoms with E-state index in [2.05, 4.69) is 24.4 Å². The molecule has 2 aliphatic heterocycles. The van der Waals surface area contributed by atoms with Crippen LogP contribution in [0.3, 0.4) is 0 Å². The Morgan fingerprint density at radius 3 is 2.46 bits per heavy atom. The van der Waals surface area contributed by atoms with Gasteiger partial charge in [-0.1, -0.05) is 31.0 Å². The number of carbonyl (C=O) groups excluding carboxylic acids is 1. The molecule has 1 aliphatic carbocycles. The third-order valence-corrected chi connectivity index (χ3v) is 6.52. The van der Waals surface area contributed by atoms with Crippen molar-refractivity contribution in [2.24, 2.45) is 0 Å². The van der Waals surface area contributed by atoms with Crippen molar-refractivity contribution in [1.29, 1.82) is 0 Å². The number of ether oxygens (including phenoxy) is 2. The Labute approximate surface area is 165 Å². The standard InChI is InChI=1S/C23H26N2O3/c1-16-18-13-20-21(28-12-11-27-20)14-19(18)23(9-5-6-10-23)15-25(16)22(26)24-17-7-3-2-4-8-17/h2-4,7-8,13-14,16H,5-6,9-12,15H2,1H3,(H,24,26). The molecule has 2 heterocycles. The van der Waals surface area contributed by atoms with E-state index in [-0.39, 0.29) is 17.5 Å². The minimum atomic E-state index is -0.0366. The summed E-state index contributed by atoms with van der Waals surface area (Å²) in [6, 6.07) is 13.9. The predicted molar refractivity (Wildman–Crippen MR) is 108 cm³/mol. The van der Waals surface area contributed by atoms with Gasteiger partial charge in [-0.3, -0.25) is 0 Å². The number of hydrogen-bond acceptors (Lipinski definition) is 3. The average Bonchev–Trinajstić information content (AvgIpc) is 3.20. The lowest BCUT2D eigenvalue weighted by Crippen LogP contribution is -2.50. The van der Waals surface area contributed by atoms with Crippen LogP contribution < -0.4 is 14.8 Å². The number of amides is 2. The van der Waals surface area contributed by atoms with E-state index < -0.39 is 0 Å². The van der Waals surface area contributed by atoms with E-state index in [1.165, 1.54) is 24.0 Å². The quantitative estimate of drug-likeness (QED) is 0.770. The fraction of sp³-hybridized carbons (Fsp3) is 0.435. The first-order valence-corrected chi connectivity index (χ1v) is 10.2. The second-order valence-corrected chi connectivity index (χ2v) is 8.17. The van der Waals surface area contributed by atoms with Gasteiger partial charge in [-0.05, 0) is 55.2 Å². The Morgan fingerprint density at radius 1 is 1.07 bits per heavy atom. The van der Waals surface area contributed by atoms with Crippen molar-refractivity contribution >= 4 is 11.7 Å². The molecule has 0 saturated heterocycles. The Kier molecular flexibility index (Phi) is 4.18. The van der Waals surface area contributed by atoms with Crippen molar-refractivity contribution in [2.45, 2.75) is 44.1 Å². The highest BCUT2D eigenvalue weighted by Gasteiger charge is 2.46. The number of nitrogens with one attached hydrogen (secondary N) is 1. The molecule has 0 radical (unpaired) electrons. The highest BCUT2D eigenvalue weighted by atomic mass is 16.6. The van der Waals surface area contributed by atoms with Crippen LogP contribution in [0, 0.1) is 0 Å². The van der Waals surface area contributed by atoms with Crippen molar-refractivity contribution in [3.05, 3.63) is 53.6 Å². The van der Waals surface area contributed by atoms with E-state index in [0.717, 1.165) is 36.6 Å². The Hall–Kier alpha value is -2.69. The maximum absolute atomic E-state index is 13.2. The Morgan fingerprint density at radius 2 is 1.75 bits per heavy atom. The average molecular weight is 378 g/mol. The van der Waals surface area contributed by atoms with E-state index in [0.29, 0.717) is 13.2 Å². The van der Waals surface area contributed by atoms with Gasteiger partial charge < -0.3 is 19.7 Å². The topological polar surface area (TPSA) is 50.8 Å². The second kappa shape index (κ2) is 6.73. The van der Waals surface area contributed by atoms with Crippen molar-refractivity contribution in [3.63, 3.8) is 0 Å². The van der Waals surface area contributed by atoms with E-state index in [9.17, 15) is 4.79 Å². The van der Waals surface area contributed by atoms with Gasteiger partial charge in [-0.25, -0.2) is 4.79 Å². The SMILES string of the molecule is CC1c2cc3c(cc2C2(CCCC2)CN1C(=O)Nc1ccccc1)OCCO3. The highest BCUT2D eigenvalue weighted by Crippen LogP contribution is 2.51. The molecule has 1 saturated carbocycles. The Bertz CT molecular complexity index is 890. The van der Waals surface area contributed by atoms with Gasteiger partial charge >= 0.3 is 6.03 Å². The molecular formula is C23H26N2O3. The lowest BCUT2D eigenvalue weighted by Gasteiger charge is -2.46. The van der Waals surface area contributed by atoms with Gasteiger partial charge in [0.2, 0.25) is 0 Å². The fourth-order valence-electron chi connectivity index (χ4n) is 5.07. The molecule has 28 heavy (non-hydrogen) atoms. The molecule has 1 atom stereocenters. The summed E-state index contributed by atoms with van der Waals surface area (Å²) < 4.78 is 11.7. The first-order chi connectivity index (χ1) is 13.7. The van der Waals surface area contributed by atoms with Crippen LogP contribution in [-0.2, 0) is 5.41 Å². The van der Waals surface area contributed by atoms with E-state index in [1.807, 2.05) is 35.2 Å². The van der Waals surface area contributed by atoms with E-state index in [4.69, 9.17) is 9.47 Å². The summed E-state index contributed by atoms with van der Waals surface area (Å²) in [4.78, 5) is 15.2. The first-order valence-electron chi connectivity index (χ1n) is 10.2. The number of nitrogens with zero attached hydrogens (tertiary/aromatic N) is 1. The lowest BCUT2D eigenvalue weighted by molar-refractivity contribution is 0.149. The first kappa shape index (κ1) is 17.4. The molecule has 2 aromatic rings. The van der Waals surface area contributed by atoms with Gasteiger partial charge in [0, 0.05) is 17.6 Å². The zero-order valence-corrected chi connectivity index (χ0v) is 16.2. The van der Waals surface area contributed by atoms with Crippen LogP contribution in [0.15, 0.2) is 42.5 Å². The molecule has 3 aliphatic rings. The molecule has 146 valence electrons. The summed E-state index contributed by atoms with van der Waals surface area (Å²) in [5, 5.41) is 3.07. The molecule has 1 spiro atoms. The number of rotatable bonds is 1. The smallest absolute Gasteiger partial charge is 0.322 e. The van der Waals surface area contributed by atoms with Crippen molar-refractivity contribution < 1.29 is 14.3 Å². The second-order valence-electron chi connectivity index (χ2n) is 8.17. The minimum absolute atomic E-state index is 0.0132. The van der Waals surface area contributed by atoms with Gasteiger partial charge in [0.05, 0.1) is 6.04 Å². The number of fused-ring (bicyclic) bond motifs is 3. The van der Waals surface area contributed by atoms with Gasteiger partial charge in [-0.2, -0.15) is 0 Å². The fourth-order valence-corrected chi connectivity index (χ4v) is 5.07. The van der Waals surface area contributed by atoms with Crippen LogP contribution in [-0.4, -0.2) is 30.7 Å². The molecule has 5 rings (SSSR count). The molecule has 0 aromatic heterocycles. The molecule has 5 nitrogen and oxygen atoms in total. The minimum Gasteiger partial charge on any atom is -0.486 e. The van der Waals surface area contributed by atoms with Gasteiger partial charge in [0.15, 0.2) is 11.5 Å². The summed E-state index contributed by atoms with van der Waals surface area (Å²) in [7, 11) is 0. The summed E-state index contributed by atoms with van der Waals surface area (Å²) in [5.74, 6) is 1.65. The van der Waals surface area contributed by atoms with E-state index in [1.54, 1.807) is 0 Å². The number of hydrogen-bond donors (Lipinski definition) is 1. The molecule has 1 fully saturated rings. The molecule has 2 aromatic carbocycles. The molecule has 5 heteroatoms. The van der Waals surface area contributed by atoms with Crippen LogP contribution in [0.5, 0.6) is 11.5 Å². The summed E-state index contributed by atoms with van der Waals surface area (Å²) >= 11 is 0.